The molecule has 6 heteroatoms. The van der Waals surface area contributed by atoms with E-state index < -0.39 is 11.7 Å². The van der Waals surface area contributed by atoms with Gasteiger partial charge in [-0.3, -0.25) is 9.59 Å². The van der Waals surface area contributed by atoms with Crippen molar-refractivity contribution in [2.24, 2.45) is 5.92 Å². The van der Waals surface area contributed by atoms with Crippen LogP contribution in [0.3, 0.4) is 0 Å². The summed E-state index contributed by atoms with van der Waals surface area (Å²) in [6.45, 7) is 1.94. The maximum atomic E-state index is 13.1. The third kappa shape index (κ3) is 3.67. The van der Waals surface area contributed by atoms with E-state index in [4.69, 9.17) is 5.73 Å². The number of nitrogens with one attached hydrogen (secondary N) is 1. The largest absolute Gasteiger partial charge is 0.398 e. The number of nitrogen functional groups attached to an aromatic ring is 1. The summed E-state index contributed by atoms with van der Waals surface area (Å²) in [4.78, 5) is 24.9. The molecule has 5 nitrogen and oxygen atoms in total. The van der Waals surface area contributed by atoms with Gasteiger partial charge in [-0.2, -0.15) is 0 Å². The number of nitrogens with two attached hydrogens (primary N) is 1. The van der Waals surface area contributed by atoms with Crippen LogP contribution in [0.15, 0.2) is 18.2 Å². The van der Waals surface area contributed by atoms with Gasteiger partial charge in [0, 0.05) is 26.3 Å². The Morgan fingerprint density at radius 2 is 2.11 bits per heavy atom. The fourth-order valence-electron chi connectivity index (χ4n) is 1.74. The minimum absolute atomic E-state index is 0.103. The summed E-state index contributed by atoms with van der Waals surface area (Å²) >= 11 is 0. The van der Waals surface area contributed by atoms with Crippen molar-refractivity contribution in [1.82, 2.24) is 10.2 Å². The summed E-state index contributed by atoms with van der Waals surface area (Å²) in [5, 5.41) is 2.51. The van der Waals surface area contributed by atoms with Crippen molar-refractivity contribution >= 4 is 17.5 Å². The predicted molar refractivity (Wildman–Crippen MR) is 71.0 cm³/mol. The van der Waals surface area contributed by atoms with Gasteiger partial charge in [0.25, 0.3) is 5.91 Å². The Kier molecular flexibility index (Phi) is 4.86. The van der Waals surface area contributed by atoms with E-state index in [0.29, 0.717) is 0 Å². The van der Waals surface area contributed by atoms with Crippen LogP contribution in [-0.2, 0) is 4.79 Å². The number of carbonyl (C=O) groups is 2. The minimum Gasteiger partial charge on any atom is -0.398 e. The number of nitrogens with zero attached hydrogens (tertiary/aromatic N) is 1. The number of halogens is 1. The number of hydrogen-bond donors (Lipinski definition) is 2. The molecule has 0 aliphatic heterocycles. The first kappa shape index (κ1) is 14.9. The Bertz CT molecular complexity index is 491. The van der Waals surface area contributed by atoms with Gasteiger partial charge < -0.3 is 16.0 Å². The third-order valence-electron chi connectivity index (χ3n) is 2.83. The molecule has 0 spiro atoms. The van der Waals surface area contributed by atoms with E-state index >= 15 is 0 Å². The molecule has 1 atom stereocenters. The smallest absolute Gasteiger partial charge is 0.255 e. The molecule has 0 radical (unpaired) electrons. The average molecular weight is 267 g/mol. The second-order valence-corrected chi connectivity index (χ2v) is 4.43. The molecular formula is C13H18FN3O2. The normalized spacial score (nSPS) is 11.8. The summed E-state index contributed by atoms with van der Waals surface area (Å²) in [5.74, 6) is -1.45. The van der Waals surface area contributed by atoms with Crippen LogP contribution in [0.5, 0.6) is 0 Å². The highest BCUT2D eigenvalue weighted by atomic mass is 19.1. The van der Waals surface area contributed by atoms with Crippen LogP contribution in [0, 0.1) is 11.7 Å². The topological polar surface area (TPSA) is 75.4 Å². The van der Waals surface area contributed by atoms with Crippen molar-refractivity contribution in [2.75, 3.05) is 26.4 Å². The molecule has 0 aliphatic carbocycles. The molecule has 0 aromatic heterocycles. The molecule has 2 amide bonds. The predicted octanol–water partition coefficient (Wildman–Crippen LogP) is 0.862. The van der Waals surface area contributed by atoms with E-state index in [2.05, 4.69) is 5.32 Å². The van der Waals surface area contributed by atoms with Crippen molar-refractivity contribution < 1.29 is 14.0 Å². The van der Waals surface area contributed by atoms with Crippen LogP contribution in [0.25, 0.3) is 0 Å². The summed E-state index contributed by atoms with van der Waals surface area (Å²) in [7, 11) is 3.08. The highest BCUT2D eigenvalue weighted by molar-refractivity contribution is 5.99. The first-order chi connectivity index (χ1) is 8.86. The van der Waals surface area contributed by atoms with Crippen LogP contribution >= 0.6 is 0 Å². The Labute approximate surface area is 111 Å². The number of anilines is 1. The number of rotatable bonds is 4. The molecule has 3 N–H and O–H groups in total. The maximum Gasteiger partial charge on any atom is 0.255 e. The Hall–Kier alpha value is -2.11. The molecule has 0 bridgehead atoms. The lowest BCUT2D eigenvalue weighted by atomic mass is 10.1. The van der Waals surface area contributed by atoms with Crippen molar-refractivity contribution in [3.05, 3.63) is 29.6 Å². The van der Waals surface area contributed by atoms with Gasteiger partial charge in [-0.15, -0.1) is 0 Å². The zero-order valence-electron chi connectivity index (χ0n) is 11.2. The zero-order valence-corrected chi connectivity index (χ0v) is 11.2. The summed E-state index contributed by atoms with van der Waals surface area (Å²) in [5.41, 5.74) is 5.97. The summed E-state index contributed by atoms with van der Waals surface area (Å²) in [6, 6.07) is 3.64. The SMILES string of the molecule is CNC(=O)C(C)CN(C)C(=O)c1cc(F)ccc1N. The Morgan fingerprint density at radius 1 is 1.47 bits per heavy atom. The molecule has 104 valence electrons. The maximum absolute atomic E-state index is 13.1. The molecule has 1 aromatic carbocycles. The van der Waals surface area contributed by atoms with Crippen molar-refractivity contribution in [2.45, 2.75) is 6.92 Å². The number of benzene rings is 1. The minimum atomic E-state index is -0.523. The third-order valence-corrected chi connectivity index (χ3v) is 2.83. The van der Waals surface area contributed by atoms with Gasteiger partial charge in [-0.05, 0) is 18.2 Å². The van der Waals surface area contributed by atoms with E-state index in [1.807, 2.05) is 0 Å². The number of hydrogen-bond acceptors (Lipinski definition) is 3. The average Bonchev–Trinajstić information content (AvgIpc) is 2.39. The van der Waals surface area contributed by atoms with Crippen LogP contribution in [0.4, 0.5) is 10.1 Å². The van der Waals surface area contributed by atoms with Crippen molar-refractivity contribution in [1.29, 1.82) is 0 Å². The van der Waals surface area contributed by atoms with E-state index in [0.717, 1.165) is 6.07 Å². The van der Waals surface area contributed by atoms with E-state index in [9.17, 15) is 14.0 Å². The van der Waals surface area contributed by atoms with Gasteiger partial charge in [0.05, 0.1) is 11.5 Å². The van der Waals surface area contributed by atoms with Gasteiger partial charge in [0.15, 0.2) is 0 Å². The lowest BCUT2D eigenvalue weighted by Gasteiger charge is -2.21. The highest BCUT2D eigenvalue weighted by Gasteiger charge is 2.20. The molecule has 0 aliphatic rings. The van der Waals surface area contributed by atoms with Gasteiger partial charge in [0.1, 0.15) is 5.82 Å². The summed E-state index contributed by atoms with van der Waals surface area (Å²) < 4.78 is 13.1. The van der Waals surface area contributed by atoms with Gasteiger partial charge in [-0.1, -0.05) is 6.92 Å². The molecule has 1 aromatic rings. The van der Waals surface area contributed by atoms with E-state index in [1.54, 1.807) is 14.0 Å². The highest BCUT2D eigenvalue weighted by Crippen LogP contribution is 2.16. The fourth-order valence-corrected chi connectivity index (χ4v) is 1.74. The molecule has 0 saturated carbocycles. The molecule has 0 saturated heterocycles. The van der Waals surface area contributed by atoms with Crippen molar-refractivity contribution in [3.8, 4) is 0 Å². The second-order valence-electron chi connectivity index (χ2n) is 4.43. The molecule has 1 unspecified atom stereocenters. The lowest BCUT2D eigenvalue weighted by Crippen LogP contribution is -2.37. The Balaban J connectivity index is 2.82. The van der Waals surface area contributed by atoms with Gasteiger partial charge >= 0.3 is 0 Å². The first-order valence-electron chi connectivity index (χ1n) is 5.89. The monoisotopic (exact) mass is 267 g/mol. The lowest BCUT2D eigenvalue weighted by molar-refractivity contribution is -0.124. The fraction of sp³-hybridized carbons (Fsp3) is 0.385. The van der Waals surface area contributed by atoms with Crippen LogP contribution in [0.2, 0.25) is 0 Å². The standard InChI is InChI=1S/C13H18FN3O2/c1-8(12(18)16-2)7-17(3)13(19)10-6-9(14)4-5-11(10)15/h4-6,8H,7,15H2,1-3H3,(H,16,18). The molecule has 0 fully saturated rings. The number of amides is 2. The molecule has 0 heterocycles. The van der Waals surface area contributed by atoms with Crippen molar-refractivity contribution in [3.63, 3.8) is 0 Å². The summed E-state index contributed by atoms with van der Waals surface area (Å²) in [6.07, 6.45) is 0. The van der Waals surface area contributed by atoms with Crippen LogP contribution < -0.4 is 11.1 Å². The van der Waals surface area contributed by atoms with Gasteiger partial charge in [0.2, 0.25) is 5.91 Å². The second kappa shape index (κ2) is 6.17. The zero-order chi connectivity index (χ0) is 14.6. The molecular weight excluding hydrogens is 249 g/mol. The van der Waals surface area contributed by atoms with E-state index in [-0.39, 0.29) is 29.6 Å². The first-order valence-corrected chi connectivity index (χ1v) is 5.89. The number of carbonyl (C=O) groups excluding carboxylic acids is 2. The van der Waals surface area contributed by atoms with Crippen LogP contribution in [-0.4, -0.2) is 37.4 Å². The molecule has 19 heavy (non-hydrogen) atoms. The Morgan fingerprint density at radius 3 is 2.68 bits per heavy atom. The quantitative estimate of drug-likeness (QED) is 0.795. The van der Waals surface area contributed by atoms with E-state index in [1.165, 1.54) is 24.1 Å². The van der Waals surface area contributed by atoms with Crippen LogP contribution in [0.1, 0.15) is 17.3 Å². The van der Waals surface area contributed by atoms with Gasteiger partial charge in [-0.25, -0.2) is 4.39 Å². The molecule has 1 rings (SSSR count).